The molecule has 0 aliphatic heterocycles. The van der Waals surface area contributed by atoms with E-state index < -0.39 is 0 Å². The van der Waals surface area contributed by atoms with Gasteiger partial charge in [-0.15, -0.1) is 0 Å². The first-order chi connectivity index (χ1) is 10.9. The van der Waals surface area contributed by atoms with Crippen molar-refractivity contribution >= 4 is 23.2 Å². The number of aryl methyl sites for hydroxylation is 1. The van der Waals surface area contributed by atoms with Gasteiger partial charge in [0.2, 0.25) is 5.91 Å². The molecule has 3 rings (SSSR count). The maximum absolute atomic E-state index is 12.5. The van der Waals surface area contributed by atoms with E-state index in [1.807, 2.05) is 42.8 Å². The van der Waals surface area contributed by atoms with Gasteiger partial charge in [-0.25, -0.2) is 0 Å². The maximum atomic E-state index is 12.5. The molecule has 0 saturated heterocycles. The lowest BCUT2D eigenvalue weighted by molar-refractivity contribution is -0.117. The quantitative estimate of drug-likeness (QED) is 0.898. The van der Waals surface area contributed by atoms with Crippen LogP contribution >= 0.6 is 11.6 Å². The number of carbonyl (C=O) groups excluding carboxylic acids is 1. The largest absolute Gasteiger partial charge is 0.323 e. The first-order valence-electron chi connectivity index (χ1n) is 8.00. The summed E-state index contributed by atoms with van der Waals surface area (Å²) in [6.45, 7) is 8.11. The van der Waals surface area contributed by atoms with Gasteiger partial charge in [-0.1, -0.05) is 23.7 Å². The Bertz CT molecular complexity index is 733. The highest BCUT2D eigenvalue weighted by molar-refractivity contribution is 6.30. The van der Waals surface area contributed by atoms with Crippen molar-refractivity contribution in [3.05, 3.63) is 46.2 Å². The molecule has 122 valence electrons. The van der Waals surface area contributed by atoms with E-state index in [4.69, 9.17) is 11.6 Å². The highest BCUT2D eigenvalue weighted by atomic mass is 35.5. The number of carbonyl (C=O) groups is 1. The lowest BCUT2D eigenvalue weighted by Gasteiger charge is -2.09. The molecule has 1 aromatic carbocycles. The molecule has 2 aromatic rings. The van der Waals surface area contributed by atoms with Crippen LogP contribution in [0.25, 0.3) is 0 Å². The Hall–Kier alpha value is -1.81. The average molecular weight is 332 g/mol. The van der Waals surface area contributed by atoms with E-state index in [2.05, 4.69) is 24.3 Å². The molecule has 4 nitrogen and oxygen atoms in total. The molecule has 1 aliphatic rings. The van der Waals surface area contributed by atoms with Gasteiger partial charge in [-0.2, -0.15) is 5.10 Å². The van der Waals surface area contributed by atoms with Gasteiger partial charge in [-0.3, -0.25) is 9.48 Å². The molecule has 1 fully saturated rings. The Balaban J connectivity index is 1.71. The fraction of sp³-hybridized carbons (Fsp3) is 0.444. The lowest BCUT2D eigenvalue weighted by Crippen LogP contribution is -2.16. The van der Waals surface area contributed by atoms with Crippen LogP contribution in [0.1, 0.15) is 49.2 Å². The fourth-order valence-corrected chi connectivity index (χ4v) is 3.25. The molecule has 1 heterocycles. The summed E-state index contributed by atoms with van der Waals surface area (Å²) in [6, 6.07) is 8.05. The van der Waals surface area contributed by atoms with E-state index in [9.17, 15) is 4.79 Å². The van der Waals surface area contributed by atoms with Gasteiger partial charge < -0.3 is 5.32 Å². The van der Waals surface area contributed by atoms with Crippen LogP contribution in [0.4, 0.5) is 5.69 Å². The van der Waals surface area contributed by atoms with Crippen LogP contribution in [0, 0.1) is 19.8 Å². The Kier molecular flexibility index (Phi) is 4.19. The van der Waals surface area contributed by atoms with Gasteiger partial charge in [0.25, 0.3) is 0 Å². The van der Waals surface area contributed by atoms with Crippen molar-refractivity contribution in [2.45, 2.75) is 46.1 Å². The summed E-state index contributed by atoms with van der Waals surface area (Å²) in [5, 5.41) is 8.32. The predicted molar refractivity (Wildman–Crippen MR) is 93.0 cm³/mol. The minimum absolute atomic E-state index is 0.0392. The van der Waals surface area contributed by atoms with Crippen molar-refractivity contribution in [3.8, 4) is 0 Å². The number of aromatic nitrogens is 2. The first-order valence-corrected chi connectivity index (χ1v) is 8.38. The third-order valence-electron chi connectivity index (χ3n) is 4.49. The number of rotatable bonds is 4. The smallest absolute Gasteiger partial charge is 0.228 e. The average Bonchev–Trinajstić information content (AvgIpc) is 3.25. The van der Waals surface area contributed by atoms with E-state index in [1.165, 1.54) is 5.56 Å². The third-order valence-corrected chi connectivity index (χ3v) is 4.74. The minimum Gasteiger partial charge on any atom is -0.323 e. The highest BCUT2D eigenvalue weighted by Gasteiger charge is 2.44. The molecule has 1 aliphatic carbocycles. The van der Waals surface area contributed by atoms with Gasteiger partial charge in [0.1, 0.15) is 0 Å². The molecule has 1 N–H and O–H groups in total. The number of nitrogens with zero attached hydrogens (tertiary/aromatic N) is 2. The van der Waals surface area contributed by atoms with E-state index in [0.717, 1.165) is 28.5 Å². The van der Waals surface area contributed by atoms with E-state index in [0.29, 0.717) is 5.92 Å². The van der Waals surface area contributed by atoms with E-state index in [-0.39, 0.29) is 17.9 Å². The number of amides is 1. The zero-order valence-corrected chi connectivity index (χ0v) is 14.7. The van der Waals surface area contributed by atoms with Gasteiger partial charge in [0.15, 0.2) is 0 Å². The van der Waals surface area contributed by atoms with Crippen molar-refractivity contribution < 1.29 is 4.79 Å². The van der Waals surface area contributed by atoms with Crippen molar-refractivity contribution in [2.75, 3.05) is 5.32 Å². The fourth-order valence-electron chi connectivity index (χ4n) is 3.13. The Labute approximate surface area is 141 Å². The Morgan fingerprint density at radius 2 is 1.96 bits per heavy atom. The number of halogens is 1. The molecule has 0 bridgehead atoms. The number of hydrogen-bond acceptors (Lipinski definition) is 2. The van der Waals surface area contributed by atoms with Gasteiger partial charge in [0.05, 0.1) is 17.1 Å². The van der Waals surface area contributed by atoms with Gasteiger partial charge in [0, 0.05) is 17.0 Å². The molecule has 1 amide bonds. The normalized spacial score (nSPS) is 19.9. The standard InChI is InChI=1S/C18H22ClN3O/c1-10(2)22-12(4)17(11(3)21-22)20-18(23)16-9-15(16)13-5-7-14(19)8-6-13/h5-8,10,15-16H,9H2,1-4H3,(H,20,23)/t15-,16+/m1/s1. The van der Waals surface area contributed by atoms with Crippen LogP contribution in [0.3, 0.4) is 0 Å². The summed E-state index contributed by atoms with van der Waals surface area (Å²) in [6.07, 6.45) is 0.893. The van der Waals surface area contributed by atoms with Gasteiger partial charge in [-0.05, 0) is 57.7 Å². The van der Waals surface area contributed by atoms with Crippen LogP contribution in [0.15, 0.2) is 24.3 Å². The lowest BCUT2D eigenvalue weighted by atomic mass is 10.1. The second-order valence-electron chi connectivity index (χ2n) is 6.57. The third kappa shape index (κ3) is 3.13. The highest BCUT2D eigenvalue weighted by Crippen LogP contribution is 2.48. The van der Waals surface area contributed by atoms with E-state index in [1.54, 1.807) is 0 Å². The second-order valence-corrected chi connectivity index (χ2v) is 7.01. The van der Waals surface area contributed by atoms with Crippen LogP contribution < -0.4 is 5.32 Å². The molecular weight excluding hydrogens is 310 g/mol. The number of nitrogens with one attached hydrogen (secondary N) is 1. The van der Waals surface area contributed by atoms with Crippen LogP contribution in [-0.2, 0) is 4.79 Å². The number of anilines is 1. The summed E-state index contributed by atoms with van der Waals surface area (Å²) in [7, 11) is 0. The Morgan fingerprint density at radius 1 is 1.30 bits per heavy atom. The molecule has 0 unspecified atom stereocenters. The molecular formula is C18H22ClN3O. The zero-order valence-electron chi connectivity index (χ0n) is 13.9. The zero-order chi connectivity index (χ0) is 16.7. The van der Waals surface area contributed by atoms with Crippen molar-refractivity contribution in [3.63, 3.8) is 0 Å². The molecule has 1 aromatic heterocycles. The molecule has 0 spiro atoms. The molecule has 2 atom stereocenters. The summed E-state index contributed by atoms with van der Waals surface area (Å²) < 4.78 is 1.95. The topological polar surface area (TPSA) is 46.9 Å². The number of benzene rings is 1. The van der Waals surface area contributed by atoms with Crippen LogP contribution in [0.5, 0.6) is 0 Å². The van der Waals surface area contributed by atoms with Crippen molar-refractivity contribution in [1.82, 2.24) is 9.78 Å². The van der Waals surface area contributed by atoms with E-state index >= 15 is 0 Å². The van der Waals surface area contributed by atoms with Crippen LogP contribution in [-0.4, -0.2) is 15.7 Å². The monoisotopic (exact) mass is 331 g/mol. The first kappa shape index (κ1) is 16.1. The second kappa shape index (κ2) is 6.00. The number of hydrogen-bond donors (Lipinski definition) is 1. The summed E-state index contributed by atoms with van der Waals surface area (Å²) in [5.74, 6) is 0.421. The summed E-state index contributed by atoms with van der Waals surface area (Å²) in [5.41, 5.74) is 3.91. The Morgan fingerprint density at radius 3 is 2.52 bits per heavy atom. The SMILES string of the molecule is Cc1nn(C(C)C)c(C)c1NC(=O)[C@H]1C[C@@H]1c1ccc(Cl)cc1. The molecule has 5 heteroatoms. The van der Waals surface area contributed by atoms with Crippen molar-refractivity contribution in [1.29, 1.82) is 0 Å². The minimum atomic E-state index is 0.0392. The summed E-state index contributed by atoms with van der Waals surface area (Å²) in [4.78, 5) is 12.5. The van der Waals surface area contributed by atoms with Crippen LogP contribution in [0.2, 0.25) is 5.02 Å². The molecule has 1 saturated carbocycles. The van der Waals surface area contributed by atoms with Crippen molar-refractivity contribution in [2.24, 2.45) is 5.92 Å². The molecule has 0 radical (unpaired) electrons. The molecule has 23 heavy (non-hydrogen) atoms. The van der Waals surface area contributed by atoms with Gasteiger partial charge >= 0.3 is 0 Å². The summed E-state index contributed by atoms with van der Waals surface area (Å²) >= 11 is 5.92. The maximum Gasteiger partial charge on any atom is 0.228 e. The predicted octanol–water partition coefficient (Wildman–Crippen LogP) is 4.48.